The molecule has 0 saturated heterocycles. The van der Waals surface area contributed by atoms with Gasteiger partial charge in [0.1, 0.15) is 0 Å². The number of hydrogen-bond acceptors (Lipinski definition) is 4. The summed E-state index contributed by atoms with van der Waals surface area (Å²) in [5.41, 5.74) is 2.01. The van der Waals surface area contributed by atoms with Crippen molar-refractivity contribution < 1.29 is 14.3 Å². The molecule has 0 bridgehead atoms. The number of anilines is 1. The summed E-state index contributed by atoms with van der Waals surface area (Å²) in [5.74, 6) is -0.797. The second-order valence-electron chi connectivity index (χ2n) is 4.63. The van der Waals surface area contributed by atoms with Gasteiger partial charge in [-0.3, -0.25) is 4.79 Å². The van der Waals surface area contributed by atoms with Crippen molar-refractivity contribution in [3.8, 4) is 0 Å². The summed E-state index contributed by atoms with van der Waals surface area (Å²) in [5, 5.41) is 6.91. The quantitative estimate of drug-likeness (QED) is 0.753. The van der Waals surface area contributed by atoms with E-state index in [4.69, 9.17) is 0 Å². The number of methoxy groups -OCH3 is 1. The normalized spacial score (nSPS) is 10.4. The van der Waals surface area contributed by atoms with Gasteiger partial charge >= 0.3 is 5.97 Å². The van der Waals surface area contributed by atoms with E-state index in [-0.39, 0.29) is 5.91 Å². The number of ether oxygens (including phenoxy) is 1. The van der Waals surface area contributed by atoms with Crippen LogP contribution in [0.4, 0.5) is 5.69 Å². The molecule has 0 atom stereocenters. The maximum absolute atomic E-state index is 12.2. The summed E-state index contributed by atoms with van der Waals surface area (Å²) in [6, 6.07) is 13.8. The second-order valence-corrected chi connectivity index (χ2v) is 4.63. The van der Waals surface area contributed by atoms with E-state index in [0.29, 0.717) is 16.9 Å². The molecule has 1 aromatic carbocycles. The molecule has 0 unspecified atom stereocenters. The van der Waals surface area contributed by atoms with Gasteiger partial charge in [0.15, 0.2) is 5.69 Å². The van der Waals surface area contributed by atoms with Gasteiger partial charge in [-0.15, -0.1) is 0 Å². The number of nitrogens with one attached hydrogen (secondary N) is 1. The summed E-state index contributed by atoms with van der Waals surface area (Å²) in [7, 11) is 1.31. The van der Waals surface area contributed by atoms with Crippen molar-refractivity contribution in [2.45, 2.75) is 0 Å². The highest BCUT2D eigenvalue weighted by atomic mass is 16.5. The molecule has 3 rings (SSSR count). The zero-order chi connectivity index (χ0) is 15.5. The first kappa shape index (κ1) is 13.8. The van der Waals surface area contributed by atoms with Gasteiger partial charge in [-0.2, -0.15) is 5.10 Å². The maximum atomic E-state index is 12.2. The minimum atomic E-state index is -0.455. The monoisotopic (exact) mass is 295 g/mol. The molecular formula is C16H13N3O3. The van der Waals surface area contributed by atoms with E-state index >= 15 is 0 Å². The molecule has 2 heterocycles. The number of carbonyl (C=O) groups is 2. The molecule has 6 heteroatoms. The number of aromatic nitrogens is 2. The fourth-order valence-electron chi connectivity index (χ4n) is 2.09. The second kappa shape index (κ2) is 5.69. The Kier molecular flexibility index (Phi) is 3.57. The van der Waals surface area contributed by atoms with Crippen LogP contribution in [0.25, 0.3) is 5.52 Å². The van der Waals surface area contributed by atoms with Gasteiger partial charge in [0.2, 0.25) is 0 Å². The molecule has 2 aromatic heterocycles. The van der Waals surface area contributed by atoms with E-state index in [1.807, 2.05) is 18.2 Å². The van der Waals surface area contributed by atoms with E-state index in [2.05, 4.69) is 15.2 Å². The Morgan fingerprint density at radius 2 is 2.00 bits per heavy atom. The number of rotatable bonds is 3. The number of nitrogens with zero attached hydrogens (tertiary/aromatic N) is 2. The number of pyridine rings is 1. The molecule has 3 aromatic rings. The van der Waals surface area contributed by atoms with E-state index < -0.39 is 5.97 Å². The van der Waals surface area contributed by atoms with Gasteiger partial charge in [0, 0.05) is 11.9 Å². The first-order chi connectivity index (χ1) is 10.7. The van der Waals surface area contributed by atoms with E-state index in [1.165, 1.54) is 7.11 Å². The Bertz CT molecular complexity index is 821. The molecule has 0 aliphatic rings. The lowest BCUT2D eigenvalue weighted by molar-refractivity contribution is 0.0600. The fraction of sp³-hybridized carbons (Fsp3) is 0.0625. The van der Waals surface area contributed by atoms with Crippen molar-refractivity contribution in [2.75, 3.05) is 12.4 Å². The van der Waals surface area contributed by atoms with Gasteiger partial charge < -0.3 is 10.1 Å². The molecule has 0 aliphatic heterocycles. The summed E-state index contributed by atoms with van der Waals surface area (Å²) < 4.78 is 6.28. The molecule has 6 nitrogen and oxygen atoms in total. The van der Waals surface area contributed by atoms with E-state index in [1.54, 1.807) is 41.0 Å². The molecule has 0 saturated carbocycles. The van der Waals surface area contributed by atoms with Crippen molar-refractivity contribution in [2.24, 2.45) is 0 Å². The highest BCUT2D eigenvalue weighted by molar-refractivity contribution is 6.04. The van der Waals surface area contributed by atoms with Crippen molar-refractivity contribution in [1.82, 2.24) is 9.61 Å². The first-order valence-corrected chi connectivity index (χ1v) is 6.61. The Balaban J connectivity index is 1.83. The third kappa shape index (κ3) is 2.67. The zero-order valence-electron chi connectivity index (χ0n) is 11.8. The van der Waals surface area contributed by atoms with Gasteiger partial charge in [-0.25, -0.2) is 9.31 Å². The summed E-state index contributed by atoms with van der Waals surface area (Å²) >= 11 is 0. The van der Waals surface area contributed by atoms with E-state index in [0.717, 1.165) is 5.52 Å². The van der Waals surface area contributed by atoms with Crippen molar-refractivity contribution in [3.05, 3.63) is 66.0 Å². The van der Waals surface area contributed by atoms with Crippen LogP contribution in [0.1, 0.15) is 20.8 Å². The third-order valence-electron chi connectivity index (χ3n) is 3.14. The number of hydrogen-bond donors (Lipinski definition) is 1. The largest absolute Gasteiger partial charge is 0.465 e. The Morgan fingerprint density at radius 1 is 1.14 bits per heavy atom. The van der Waals surface area contributed by atoms with Gasteiger partial charge in [-0.1, -0.05) is 12.1 Å². The lowest BCUT2D eigenvalue weighted by Crippen LogP contribution is -2.13. The first-order valence-electron chi connectivity index (χ1n) is 6.61. The smallest absolute Gasteiger partial charge is 0.337 e. The molecule has 0 spiro atoms. The fourth-order valence-corrected chi connectivity index (χ4v) is 2.09. The Labute approximate surface area is 126 Å². The van der Waals surface area contributed by atoms with Gasteiger partial charge in [0.25, 0.3) is 5.91 Å². The number of benzene rings is 1. The van der Waals surface area contributed by atoms with Crippen molar-refractivity contribution >= 4 is 23.1 Å². The topological polar surface area (TPSA) is 72.7 Å². The molecule has 0 fully saturated rings. The van der Waals surface area contributed by atoms with Crippen LogP contribution < -0.4 is 5.32 Å². The molecule has 1 N–H and O–H groups in total. The van der Waals surface area contributed by atoms with Crippen LogP contribution in [0.15, 0.2) is 54.7 Å². The summed E-state index contributed by atoms with van der Waals surface area (Å²) in [4.78, 5) is 23.7. The molecule has 22 heavy (non-hydrogen) atoms. The lowest BCUT2D eigenvalue weighted by Gasteiger charge is -2.05. The van der Waals surface area contributed by atoms with Crippen LogP contribution in [0, 0.1) is 0 Å². The van der Waals surface area contributed by atoms with Crippen LogP contribution in [0.3, 0.4) is 0 Å². The third-order valence-corrected chi connectivity index (χ3v) is 3.14. The summed E-state index contributed by atoms with van der Waals surface area (Å²) in [6.07, 6.45) is 1.77. The highest BCUT2D eigenvalue weighted by Crippen LogP contribution is 2.13. The average Bonchev–Trinajstić information content (AvgIpc) is 2.98. The number of amides is 1. The van der Waals surface area contributed by atoms with E-state index in [9.17, 15) is 9.59 Å². The van der Waals surface area contributed by atoms with Crippen molar-refractivity contribution in [3.63, 3.8) is 0 Å². The minimum Gasteiger partial charge on any atom is -0.465 e. The van der Waals surface area contributed by atoms with Gasteiger partial charge in [0.05, 0.1) is 18.2 Å². The molecular weight excluding hydrogens is 282 g/mol. The molecule has 110 valence electrons. The molecule has 0 aliphatic carbocycles. The molecule has 0 radical (unpaired) electrons. The van der Waals surface area contributed by atoms with Crippen LogP contribution in [-0.4, -0.2) is 28.6 Å². The molecule has 1 amide bonds. The maximum Gasteiger partial charge on any atom is 0.337 e. The zero-order valence-corrected chi connectivity index (χ0v) is 11.8. The van der Waals surface area contributed by atoms with Crippen LogP contribution in [0.5, 0.6) is 0 Å². The number of esters is 1. The highest BCUT2D eigenvalue weighted by Gasteiger charge is 2.12. The predicted octanol–water partition coefficient (Wildman–Crippen LogP) is 2.37. The average molecular weight is 295 g/mol. The van der Waals surface area contributed by atoms with Gasteiger partial charge in [-0.05, 0) is 36.4 Å². The number of carbonyl (C=O) groups excluding carboxylic acids is 2. The standard InChI is InChI=1S/C16H13N3O3/c1-22-16(21)11-5-4-6-12(9-11)17-15(20)14-10-13-7-2-3-8-19(13)18-14/h2-10H,1H3,(H,17,20). The number of fused-ring (bicyclic) bond motifs is 1. The lowest BCUT2D eigenvalue weighted by atomic mass is 10.2. The van der Waals surface area contributed by atoms with Crippen LogP contribution >= 0.6 is 0 Å². The Hall–Kier alpha value is -3.15. The summed E-state index contributed by atoms with van der Waals surface area (Å²) in [6.45, 7) is 0. The Morgan fingerprint density at radius 3 is 2.77 bits per heavy atom. The predicted molar refractivity (Wildman–Crippen MR) is 80.9 cm³/mol. The van der Waals surface area contributed by atoms with Crippen molar-refractivity contribution in [1.29, 1.82) is 0 Å². The SMILES string of the molecule is COC(=O)c1cccc(NC(=O)c2cc3ccccn3n2)c1. The van der Waals surface area contributed by atoms with Crippen LogP contribution in [-0.2, 0) is 4.74 Å². The van der Waals surface area contributed by atoms with Crippen LogP contribution in [0.2, 0.25) is 0 Å². The minimum absolute atomic E-state index is 0.301.